The topological polar surface area (TPSA) is 29.5 Å². The zero-order chi connectivity index (χ0) is 19.3. The number of hydrogen-bond acceptors (Lipinski definition) is 2. The van der Waals surface area contributed by atoms with Gasteiger partial charge in [0.15, 0.2) is 0 Å². The van der Waals surface area contributed by atoms with Gasteiger partial charge in [0, 0.05) is 25.1 Å². The fourth-order valence-electron chi connectivity index (χ4n) is 4.10. The summed E-state index contributed by atoms with van der Waals surface area (Å²) in [4.78, 5) is 14.4. The van der Waals surface area contributed by atoms with Crippen LogP contribution in [0.1, 0.15) is 43.2 Å². The second-order valence-corrected chi connectivity index (χ2v) is 8.16. The molecule has 2 aromatic carbocycles. The normalized spacial score (nSPS) is 18.0. The van der Waals surface area contributed by atoms with E-state index in [1.165, 1.54) is 24.1 Å². The molecule has 4 heteroatoms. The molecule has 3 nitrogen and oxygen atoms in total. The van der Waals surface area contributed by atoms with E-state index in [2.05, 4.69) is 29.2 Å². The van der Waals surface area contributed by atoms with Crippen LogP contribution in [0.3, 0.4) is 0 Å². The third-order valence-electron chi connectivity index (χ3n) is 6.13. The first-order valence-corrected chi connectivity index (χ1v) is 10.4. The van der Waals surface area contributed by atoms with Crippen LogP contribution in [-0.2, 0) is 17.8 Å². The summed E-state index contributed by atoms with van der Waals surface area (Å²) in [6, 6.07) is 14.7. The van der Waals surface area contributed by atoms with Crippen LogP contribution < -0.4 is 4.74 Å². The molecular formula is C24H28FNO2. The molecule has 1 aliphatic heterocycles. The highest BCUT2D eigenvalue weighted by atomic mass is 19.1. The van der Waals surface area contributed by atoms with Crippen LogP contribution in [-0.4, -0.2) is 23.9 Å². The average molecular weight is 381 g/mol. The van der Waals surface area contributed by atoms with Crippen molar-refractivity contribution in [2.24, 2.45) is 11.8 Å². The van der Waals surface area contributed by atoms with Crippen LogP contribution in [0, 0.1) is 17.7 Å². The van der Waals surface area contributed by atoms with E-state index in [-0.39, 0.29) is 5.82 Å². The van der Waals surface area contributed by atoms with E-state index in [0.29, 0.717) is 30.1 Å². The van der Waals surface area contributed by atoms with Gasteiger partial charge in [-0.05, 0) is 61.3 Å². The molecule has 0 aromatic heterocycles. The fraction of sp³-hybridized carbons (Fsp3) is 0.458. The molecule has 1 amide bonds. The number of carbonyl (C=O) groups excluding carboxylic acids is 1. The third-order valence-corrected chi connectivity index (χ3v) is 6.13. The summed E-state index contributed by atoms with van der Waals surface area (Å²) in [5, 5.41) is 0. The molecule has 0 atom stereocenters. The van der Waals surface area contributed by atoms with E-state index in [0.717, 1.165) is 50.8 Å². The zero-order valence-electron chi connectivity index (χ0n) is 16.3. The summed E-state index contributed by atoms with van der Waals surface area (Å²) in [5.41, 5.74) is 2.41. The number of halogens is 1. The number of hydrogen-bond donors (Lipinski definition) is 0. The summed E-state index contributed by atoms with van der Waals surface area (Å²) < 4.78 is 18.8. The fourth-order valence-corrected chi connectivity index (χ4v) is 4.10. The Morgan fingerprint density at radius 2 is 1.71 bits per heavy atom. The largest absolute Gasteiger partial charge is 0.489 e. The molecule has 1 aliphatic carbocycles. The molecular weight excluding hydrogens is 353 g/mol. The Morgan fingerprint density at radius 3 is 2.36 bits per heavy atom. The summed E-state index contributed by atoms with van der Waals surface area (Å²) in [6.07, 6.45) is 6.67. The van der Waals surface area contributed by atoms with Crippen molar-refractivity contribution in [2.45, 2.75) is 45.1 Å². The quantitative estimate of drug-likeness (QED) is 0.706. The van der Waals surface area contributed by atoms with E-state index in [9.17, 15) is 9.18 Å². The highest BCUT2D eigenvalue weighted by Crippen LogP contribution is 2.30. The average Bonchev–Trinajstić information content (AvgIpc) is 2.67. The number of carbonyl (C=O) groups is 1. The molecule has 1 saturated carbocycles. The van der Waals surface area contributed by atoms with Gasteiger partial charge in [0.25, 0.3) is 0 Å². The Labute approximate surface area is 166 Å². The third kappa shape index (κ3) is 4.73. The number of nitrogens with zero attached hydrogens (tertiary/aromatic N) is 1. The molecule has 0 spiro atoms. The van der Waals surface area contributed by atoms with Gasteiger partial charge in [0.2, 0.25) is 5.91 Å². The van der Waals surface area contributed by atoms with Gasteiger partial charge in [-0.15, -0.1) is 0 Å². The maximum absolute atomic E-state index is 13.2. The van der Waals surface area contributed by atoms with Gasteiger partial charge < -0.3 is 9.64 Å². The number of rotatable bonds is 6. The summed E-state index contributed by atoms with van der Waals surface area (Å²) in [5.74, 6) is 1.63. The van der Waals surface area contributed by atoms with Crippen molar-refractivity contribution >= 4 is 5.91 Å². The van der Waals surface area contributed by atoms with Gasteiger partial charge >= 0.3 is 0 Å². The van der Waals surface area contributed by atoms with Crippen molar-refractivity contribution in [3.05, 3.63) is 65.5 Å². The monoisotopic (exact) mass is 381 g/mol. The Bertz CT molecular complexity index is 793. The molecule has 28 heavy (non-hydrogen) atoms. The first-order valence-electron chi connectivity index (χ1n) is 10.4. The van der Waals surface area contributed by atoms with Crippen molar-refractivity contribution < 1.29 is 13.9 Å². The van der Waals surface area contributed by atoms with Crippen LogP contribution in [0.25, 0.3) is 0 Å². The van der Waals surface area contributed by atoms with E-state index >= 15 is 0 Å². The molecule has 4 rings (SSSR count). The highest BCUT2D eigenvalue weighted by molar-refractivity contribution is 5.79. The Balaban J connectivity index is 1.23. The number of piperidine rings is 1. The first-order chi connectivity index (χ1) is 13.7. The highest BCUT2D eigenvalue weighted by Gasteiger charge is 2.31. The molecule has 0 N–H and O–H groups in total. The lowest BCUT2D eigenvalue weighted by Gasteiger charge is -2.36. The van der Waals surface area contributed by atoms with Crippen molar-refractivity contribution in [1.29, 1.82) is 0 Å². The first kappa shape index (κ1) is 19.0. The molecule has 148 valence electrons. The Kier molecular flexibility index (Phi) is 5.94. The van der Waals surface area contributed by atoms with Crippen LogP contribution in [0.2, 0.25) is 0 Å². The summed E-state index contributed by atoms with van der Waals surface area (Å²) >= 11 is 0. The molecule has 0 bridgehead atoms. The van der Waals surface area contributed by atoms with Crippen LogP contribution in [0.15, 0.2) is 48.5 Å². The Hall–Kier alpha value is -2.36. The van der Waals surface area contributed by atoms with E-state index in [1.54, 1.807) is 12.1 Å². The lowest BCUT2D eigenvalue weighted by molar-refractivity contribution is -0.139. The van der Waals surface area contributed by atoms with Gasteiger partial charge in [-0.2, -0.15) is 0 Å². The lowest BCUT2D eigenvalue weighted by atomic mass is 9.83. The molecule has 0 radical (unpaired) electrons. The minimum absolute atomic E-state index is 0.284. The van der Waals surface area contributed by atoms with E-state index in [1.807, 2.05) is 0 Å². The second kappa shape index (κ2) is 8.76. The van der Waals surface area contributed by atoms with Gasteiger partial charge in [-0.1, -0.05) is 36.8 Å². The maximum atomic E-state index is 13.2. The van der Waals surface area contributed by atoms with Gasteiger partial charge in [-0.25, -0.2) is 4.39 Å². The van der Waals surface area contributed by atoms with Crippen molar-refractivity contribution in [2.75, 3.05) is 13.1 Å². The molecule has 1 heterocycles. The van der Waals surface area contributed by atoms with E-state index in [4.69, 9.17) is 4.74 Å². The summed E-state index contributed by atoms with van der Waals surface area (Å²) in [6.45, 7) is 2.27. The minimum atomic E-state index is -0.284. The Morgan fingerprint density at radius 1 is 1.00 bits per heavy atom. The number of amides is 1. The predicted octanol–water partition coefficient (Wildman–Crippen LogP) is 4.99. The number of benzene rings is 2. The number of likely N-dealkylation sites (tertiary alicyclic amines) is 1. The molecule has 2 aliphatic rings. The van der Waals surface area contributed by atoms with Gasteiger partial charge in [0.1, 0.15) is 18.2 Å². The van der Waals surface area contributed by atoms with E-state index < -0.39 is 0 Å². The maximum Gasteiger partial charge on any atom is 0.225 e. The van der Waals surface area contributed by atoms with Crippen molar-refractivity contribution in [3.63, 3.8) is 0 Å². The van der Waals surface area contributed by atoms with Gasteiger partial charge in [-0.3, -0.25) is 4.79 Å². The molecule has 2 aromatic rings. The lowest BCUT2D eigenvalue weighted by Crippen LogP contribution is -2.43. The molecule has 2 fully saturated rings. The zero-order valence-corrected chi connectivity index (χ0v) is 16.3. The second-order valence-electron chi connectivity index (χ2n) is 8.16. The molecule has 0 unspecified atom stereocenters. The van der Waals surface area contributed by atoms with Gasteiger partial charge in [0.05, 0.1) is 0 Å². The molecule has 1 saturated heterocycles. The smallest absolute Gasteiger partial charge is 0.225 e. The minimum Gasteiger partial charge on any atom is -0.489 e. The van der Waals surface area contributed by atoms with Crippen LogP contribution in [0.4, 0.5) is 4.39 Å². The van der Waals surface area contributed by atoms with Crippen LogP contribution >= 0.6 is 0 Å². The standard InChI is InChI=1S/C24H28FNO2/c25-22-5-2-6-23(16-22)28-17-20-9-7-18(8-10-20)15-19-11-13-26(14-12-19)24(27)21-3-1-4-21/h2,5-10,16,19,21H,1,3-4,11-15,17H2. The SMILES string of the molecule is O=C(C1CCC1)N1CCC(Cc2ccc(COc3cccc(F)c3)cc2)CC1. The summed E-state index contributed by atoms with van der Waals surface area (Å²) in [7, 11) is 0. The number of ether oxygens (including phenoxy) is 1. The van der Waals surface area contributed by atoms with Crippen molar-refractivity contribution in [1.82, 2.24) is 4.90 Å². The predicted molar refractivity (Wildman–Crippen MR) is 108 cm³/mol. The van der Waals surface area contributed by atoms with Crippen molar-refractivity contribution in [3.8, 4) is 5.75 Å². The van der Waals surface area contributed by atoms with Crippen LogP contribution in [0.5, 0.6) is 5.75 Å².